The summed E-state index contributed by atoms with van der Waals surface area (Å²) in [5, 5.41) is 3.76. The number of hydrogen-bond acceptors (Lipinski definition) is 7. The third-order valence-corrected chi connectivity index (χ3v) is 5.25. The van der Waals surface area contributed by atoms with Crippen LogP contribution in [0.5, 0.6) is 0 Å². The summed E-state index contributed by atoms with van der Waals surface area (Å²) in [5.74, 6) is 0.246. The zero-order valence-electron chi connectivity index (χ0n) is 15.5. The Kier molecular flexibility index (Phi) is 6.26. The summed E-state index contributed by atoms with van der Waals surface area (Å²) < 4.78 is 15.3. The Hall–Kier alpha value is -1.93. The van der Waals surface area contributed by atoms with E-state index < -0.39 is 5.97 Å². The molecule has 2 unspecified atom stereocenters. The smallest absolute Gasteiger partial charge is 0.360 e. The zero-order valence-corrected chi connectivity index (χ0v) is 15.5. The minimum atomic E-state index is -0.516. The monoisotopic (exact) mass is 365 g/mol. The number of hydrogen-bond donors (Lipinski definition) is 0. The van der Waals surface area contributed by atoms with E-state index in [4.69, 9.17) is 9.26 Å². The average Bonchev–Trinajstić information content (AvgIpc) is 3.16. The maximum absolute atomic E-state index is 13.1. The second-order valence-corrected chi connectivity index (χ2v) is 6.88. The molecule has 2 aliphatic heterocycles. The van der Waals surface area contributed by atoms with Crippen LogP contribution in [-0.2, 0) is 20.7 Å². The Morgan fingerprint density at radius 2 is 2.08 bits per heavy atom. The van der Waals surface area contributed by atoms with Gasteiger partial charge in [-0.25, -0.2) is 4.79 Å². The molecule has 0 aromatic carbocycles. The molecule has 0 saturated carbocycles. The third kappa shape index (κ3) is 4.24. The Balaban J connectivity index is 1.66. The Morgan fingerprint density at radius 3 is 2.81 bits per heavy atom. The topological polar surface area (TPSA) is 85.1 Å². The van der Waals surface area contributed by atoms with E-state index >= 15 is 0 Å². The van der Waals surface area contributed by atoms with Gasteiger partial charge in [-0.1, -0.05) is 5.16 Å². The molecule has 3 heterocycles. The summed E-state index contributed by atoms with van der Waals surface area (Å²) in [4.78, 5) is 28.8. The number of carbonyl (C=O) groups is 2. The van der Waals surface area contributed by atoms with E-state index in [0.717, 1.165) is 38.9 Å². The molecule has 0 N–H and O–H groups in total. The van der Waals surface area contributed by atoms with E-state index in [0.29, 0.717) is 25.4 Å². The second kappa shape index (κ2) is 8.64. The first-order chi connectivity index (χ1) is 12.6. The summed E-state index contributed by atoms with van der Waals surface area (Å²) in [7, 11) is 1.31. The minimum Gasteiger partial charge on any atom is -0.464 e. The van der Waals surface area contributed by atoms with Crippen molar-refractivity contribution in [2.24, 2.45) is 0 Å². The fourth-order valence-corrected chi connectivity index (χ4v) is 3.71. The van der Waals surface area contributed by atoms with Gasteiger partial charge >= 0.3 is 5.97 Å². The number of likely N-dealkylation sites (tertiary alicyclic amines) is 1. The number of ether oxygens (including phenoxy) is 2. The van der Waals surface area contributed by atoms with Gasteiger partial charge in [0.1, 0.15) is 5.76 Å². The largest absolute Gasteiger partial charge is 0.464 e. The van der Waals surface area contributed by atoms with Crippen LogP contribution < -0.4 is 0 Å². The molecule has 0 spiro atoms. The van der Waals surface area contributed by atoms with Crippen molar-refractivity contribution in [1.82, 2.24) is 15.0 Å². The highest BCUT2D eigenvalue weighted by Gasteiger charge is 2.33. The molecule has 0 radical (unpaired) electrons. The van der Waals surface area contributed by atoms with Gasteiger partial charge in [0.2, 0.25) is 5.91 Å². The van der Waals surface area contributed by atoms with E-state index in [2.05, 4.69) is 14.8 Å². The zero-order chi connectivity index (χ0) is 18.5. The number of aromatic nitrogens is 1. The van der Waals surface area contributed by atoms with Gasteiger partial charge in [0, 0.05) is 38.2 Å². The number of rotatable bonds is 5. The highest BCUT2D eigenvalue weighted by atomic mass is 16.5. The van der Waals surface area contributed by atoms with Gasteiger partial charge < -0.3 is 18.9 Å². The molecule has 2 atom stereocenters. The predicted octanol–water partition coefficient (Wildman–Crippen LogP) is 1.11. The van der Waals surface area contributed by atoms with Crippen LogP contribution in [-0.4, -0.2) is 78.9 Å². The van der Waals surface area contributed by atoms with E-state index in [9.17, 15) is 9.59 Å². The number of piperidine rings is 1. The van der Waals surface area contributed by atoms with E-state index in [1.165, 1.54) is 7.11 Å². The SMILES string of the molecule is COC(=O)c1cc(CC2CCCCN2C(=O)C(C)N2CCOCC2)on1. The Bertz CT molecular complexity index is 626. The molecule has 2 aliphatic rings. The van der Waals surface area contributed by atoms with E-state index in [1.807, 2.05) is 11.8 Å². The van der Waals surface area contributed by atoms with Crippen molar-refractivity contribution in [2.45, 2.75) is 44.7 Å². The molecule has 144 valence electrons. The first-order valence-electron chi connectivity index (χ1n) is 9.26. The third-order valence-electron chi connectivity index (χ3n) is 5.25. The van der Waals surface area contributed by atoms with Crippen molar-refractivity contribution in [3.63, 3.8) is 0 Å². The lowest BCUT2D eigenvalue weighted by Gasteiger charge is -2.40. The Labute approximate surface area is 153 Å². The molecule has 0 bridgehead atoms. The molecule has 3 rings (SSSR count). The lowest BCUT2D eigenvalue weighted by Crippen LogP contribution is -2.54. The fraction of sp³-hybridized carbons (Fsp3) is 0.722. The molecule has 1 amide bonds. The number of carbonyl (C=O) groups excluding carboxylic acids is 2. The summed E-state index contributed by atoms with van der Waals surface area (Å²) in [6.07, 6.45) is 3.58. The predicted molar refractivity (Wildman–Crippen MR) is 92.8 cm³/mol. The highest BCUT2D eigenvalue weighted by molar-refractivity contribution is 5.87. The fourth-order valence-electron chi connectivity index (χ4n) is 3.71. The van der Waals surface area contributed by atoms with Crippen LogP contribution in [0.1, 0.15) is 42.4 Å². The average molecular weight is 365 g/mol. The second-order valence-electron chi connectivity index (χ2n) is 6.88. The minimum absolute atomic E-state index is 0.0678. The van der Waals surface area contributed by atoms with Gasteiger partial charge in [-0.05, 0) is 26.2 Å². The maximum atomic E-state index is 13.1. The molecule has 1 aromatic heterocycles. The normalized spacial score (nSPS) is 22.8. The standard InChI is InChI=1S/C18H27N3O5/c1-13(20-7-9-25-10-8-20)17(22)21-6-4-3-5-14(21)11-15-12-16(19-26-15)18(23)24-2/h12-14H,3-11H2,1-2H3. The van der Waals surface area contributed by atoms with Crippen molar-refractivity contribution >= 4 is 11.9 Å². The summed E-state index contributed by atoms with van der Waals surface area (Å²) in [5.41, 5.74) is 0.165. The maximum Gasteiger partial charge on any atom is 0.360 e. The number of morpholine rings is 1. The van der Waals surface area contributed by atoms with Gasteiger partial charge in [0.25, 0.3) is 0 Å². The highest BCUT2D eigenvalue weighted by Crippen LogP contribution is 2.23. The first-order valence-corrected chi connectivity index (χ1v) is 9.26. The van der Waals surface area contributed by atoms with Gasteiger partial charge in [-0.15, -0.1) is 0 Å². The first kappa shape index (κ1) is 18.8. The number of nitrogens with zero attached hydrogens (tertiary/aromatic N) is 3. The molecular weight excluding hydrogens is 338 g/mol. The summed E-state index contributed by atoms with van der Waals surface area (Å²) >= 11 is 0. The van der Waals surface area contributed by atoms with Crippen molar-refractivity contribution in [3.8, 4) is 0 Å². The van der Waals surface area contributed by atoms with Crippen molar-refractivity contribution in [1.29, 1.82) is 0 Å². The van der Waals surface area contributed by atoms with Crippen molar-refractivity contribution in [3.05, 3.63) is 17.5 Å². The number of methoxy groups -OCH3 is 1. The van der Waals surface area contributed by atoms with Crippen LogP contribution in [0.2, 0.25) is 0 Å². The van der Waals surface area contributed by atoms with Gasteiger partial charge in [0.05, 0.1) is 26.4 Å². The van der Waals surface area contributed by atoms with Crippen molar-refractivity contribution in [2.75, 3.05) is 40.0 Å². The van der Waals surface area contributed by atoms with Gasteiger partial charge in [-0.3, -0.25) is 9.69 Å². The van der Waals surface area contributed by atoms with Crippen molar-refractivity contribution < 1.29 is 23.6 Å². The summed E-state index contributed by atoms with van der Waals surface area (Å²) in [6.45, 7) is 5.66. The van der Waals surface area contributed by atoms with Crippen LogP contribution in [0.4, 0.5) is 0 Å². The van der Waals surface area contributed by atoms with Gasteiger partial charge in [0.15, 0.2) is 5.69 Å². The molecule has 8 heteroatoms. The lowest BCUT2D eigenvalue weighted by atomic mass is 9.97. The lowest BCUT2D eigenvalue weighted by molar-refractivity contribution is -0.141. The van der Waals surface area contributed by atoms with E-state index in [1.54, 1.807) is 6.07 Å². The quantitative estimate of drug-likeness (QED) is 0.723. The van der Waals surface area contributed by atoms with E-state index in [-0.39, 0.29) is 23.7 Å². The molecule has 2 fully saturated rings. The molecular formula is C18H27N3O5. The van der Waals surface area contributed by atoms with Crippen LogP contribution in [0.25, 0.3) is 0 Å². The molecule has 2 saturated heterocycles. The van der Waals surface area contributed by atoms with Crippen LogP contribution in [0.3, 0.4) is 0 Å². The van der Waals surface area contributed by atoms with Gasteiger partial charge in [-0.2, -0.15) is 0 Å². The van der Waals surface area contributed by atoms with Crippen LogP contribution >= 0.6 is 0 Å². The van der Waals surface area contributed by atoms with Crippen LogP contribution in [0.15, 0.2) is 10.6 Å². The molecule has 1 aromatic rings. The molecule has 26 heavy (non-hydrogen) atoms. The van der Waals surface area contributed by atoms with Crippen LogP contribution in [0, 0.1) is 0 Å². The Morgan fingerprint density at radius 1 is 1.31 bits per heavy atom. The number of amides is 1. The summed E-state index contributed by atoms with van der Waals surface area (Å²) in [6, 6.07) is 1.52. The number of esters is 1. The molecule has 8 nitrogen and oxygen atoms in total. The molecule has 0 aliphatic carbocycles.